The molecule has 0 unspecified atom stereocenters. The fourth-order valence-electron chi connectivity index (χ4n) is 2.21. The van der Waals surface area contributed by atoms with Crippen molar-refractivity contribution < 1.29 is 9.21 Å². The molecule has 1 atom stereocenters. The molecule has 1 amide bonds. The fourth-order valence-corrected chi connectivity index (χ4v) is 2.21. The Morgan fingerprint density at radius 1 is 1.53 bits per heavy atom. The van der Waals surface area contributed by atoms with Gasteiger partial charge in [0.05, 0.1) is 18.5 Å². The van der Waals surface area contributed by atoms with E-state index in [2.05, 4.69) is 10.3 Å². The number of nitrogens with zero attached hydrogens (tertiary/aromatic N) is 4. The van der Waals surface area contributed by atoms with Crippen LogP contribution in [0.25, 0.3) is 6.08 Å². The highest BCUT2D eigenvalue weighted by atomic mass is 16.3. The van der Waals surface area contributed by atoms with Crippen molar-refractivity contribution in [3.8, 4) is 0 Å². The van der Waals surface area contributed by atoms with Crippen LogP contribution in [0.4, 0.5) is 0 Å². The van der Waals surface area contributed by atoms with Gasteiger partial charge < -0.3 is 9.32 Å². The van der Waals surface area contributed by atoms with Gasteiger partial charge in [0.25, 0.3) is 0 Å². The van der Waals surface area contributed by atoms with Crippen LogP contribution in [-0.4, -0.2) is 38.9 Å². The van der Waals surface area contributed by atoms with Gasteiger partial charge in [-0.3, -0.25) is 4.79 Å². The van der Waals surface area contributed by atoms with E-state index in [9.17, 15) is 4.79 Å². The number of furan rings is 1. The van der Waals surface area contributed by atoms with Gasteiger partial charge in [-0.2, -0.15) is 0 Å². The molecule has 6 heteroatoms. The molecule has 2 aromatic rings. The molecule has 6 nitrogen and oxygen atoms in total. The summed E-state index contributed by atoms with van der Waals surface area (Å²) in [6.07, 6.45) is 9.21. The number of carbonyl (C=O) groups excluding carboxylic acids is 1. The van der Waals surface area contributed by atoms with E-state index in [1.165, 1.54) is 0 Å². The zero-order chi connectivity index (χ0) is 13.1. The lowest BCUT2D eigenvalue weighted by Crippen LogP contribution is -2.27. The van der Waals surface area contributed by atoms with Crippen molar-refractivity contribution in [1.29, 1.82) is 0 Å². The molecule has 0 saturated carbocycles. The Kier molecular flexibility index (Phi) is 3.14. The van der Waals surface area contributed by atoms with Gasteiger partial charge >= 0.3 is 0 Å². The Bertz CT molecular complexity index is 559. The van der Waals surface area contributed by atoms with E-state index in [0.717, 1.165) is 13.0 Å². The van der Waals surface area contributed by atoms with Crippen LogP contribution < -0.4 is 0 Å². The molecule has 0 aromatic carbocycles. The van der Waals surface area contributed by atoms with E-state index in [4.69, 9.17) is 4.42 Å². The molecular weight excluding hydrogens is 244 g/mol. The number of rotatable bonds is 3. The normalized spacial score (nSPS) is 19.4. The summed E-state index contributed by atoms with van der Waals surface area (Å²) in [4.78, 5) is 13.8. The minimum Gasteiger partial charge on any atom is -0.465 e. The van der Waals surface area contributed by atoms with Crippen LogP contribution in [0.3, 0.4) is 0 Å². The fraction of sp³-hybridized carbons (Fsp3) is 0.308. The van der Waals surface area contributed by atoms with E-state index < -0.39 is 0 Å². The molecule has 1 aliphatic rings. The Morgan fingerprint density at radius 2 is 2.47 bits per heavy atom. The van der Waals surface area contributed by atoms with Gasteiger partial charge in [0.2, 0.25) is 5.91 Å². The third-order valence-electron chi connectivity index (χ3n) is 3.22. The molecule has 1 aliphatic heterocycles. The second-order valence-corrected chi connectivity index (χ2v) is 4.46. The Hall–Kier alpha value is -2.37. The molecule has 0 bridgehead atoms. The Balaban J connectivity index is 1.60. The minimum absolute atomic E-state index is 0.000912. The van der Waals surface area contributed by atoms with Gasteiger partial charge in [-0.05, 0) is 24.6 Å². The van der Waals surface area contributed by atoms with Crippen molar-refractivity contribution in [2.75, 3.05) is 13.1 Å². The maximum atomic E-state index is 12.0. The van der Waals surface area contributed by atoms with Crippen molar-refractivity contribution in [3.05, 3.63) is 42.6 Å². The van der Waals surface area contributed by atoms with Crippen LogP contribution in [0.2, 0.25) is 0 Å². The Labute approximate surface area is 110 Å². The summed E-state index contributed by atoms with van der Waals surface area (Å²) in [6, 6.07) is 3.83. The predicted molar refractivity (Wildman–Crippen MR) is 68.0 cm³/mol. The van der Waals surface area contributed by atoms with Gasteiger partial charge in [0.1, 0.15) is 5.76 Å². The van der Waals surface area contributed by atoms with Gasteiger partial charge in [-0.25, -0.2) is 4.68 Å². The van der Waals surface area contributed by atoms with Crippen LogP contribution in [-0.2, 0) is 4.79 Å². The summed E-state index contributed by atoms with van der Waals surface area (Å²) in [6.45, 7) is 1.41. The van der Waals surface area contributed by atoms with Gasteiger partial charge in [-0.15, -0.1) is 5.10 Å². The van der Waals surface area contributed by atoms with E-state index >= 15 is 0 Å². The molecule has 1 fully saturated rings. The summed E-state index contributed by atoms with van der Waals surface area (Å²) in [5.41, 5.74) is 0. The second kappa shape index (κ2) is 5.09. The van der Waals surface area contributed by atoms with Crippen molar-refractivity contribution in [3.63, 3.8) is 0 Å². The number of hydrogen-bond donors (Lipinski definition) is 0. The topological polar surface area (TPSA) is 64.2 Å². The molecule has 0 N–H and O–H groups in total. The molecule has 3 rings (SSSR count). The van der Waals surface area contributed by atoms with E-state index in [1.807, 2.05) is 21.8 Å². The monoisotopic (exact) mass is 258 g/mol. The quantitative estimate of drug-likeness (QED) is 0.780. The minimum atomic E-state index is -0.000912. The first-order valence-corrected chi connectivity index (χ1v) is 6.19. The van der Waals surface area contributed by atoms with Crippen LogP contribution in [0, 0.1) is 0 Å². The molecule has 1 saturated heterocycles. The first-order valence-electron chi connectivity index (χ1n) is 6.19. The number of aromatic nitrogens is 3. The largest absolute Gasteiger partial charge is 0.465 e. The summed E-state index contributed by atoms with van der Waals surface area (Å²) >= 11 is 0. The third-order valence-corrected chi connectivity index (χ3v) is 3.22. The summed E-state index contributed by atoms with van der Waals surface area (Å²) < 4.78 is 6.96. The highest BCUT2D eigenvalue weighted by molar-refractivity contribution is 5.91. The molecule has 0 aliphatic carbocycles. The number of hydrogen-bond acceptors (Lipinski definition) is 4. The standard InChI is InChI=1S/C13H14N4O2/c18-13(4-3-12-2-1-9-19-12)16-7-5-11(10-16)17-8-6-14-15-17/h1-4,6,8-9,11H,5,7,10H2/b4-3+/t11-/m1/s1. The highest BCUT2D eigenvalue weighted by Crippen LogP contribution is 2.20. The average molecular weight is 258 g/mol. The molecule has 3 heterocycles. The van der Waals surface area contributed by atoms with Crippen LogP contribution in [0.15, 0.2) is 41.3 Å². The summed E-state index contributed by atoms with van der Waals surface area (Å²) in [5.74, 6) is 0.680. The lowest BCUT2D eigenvalue weighted by atomic mass is 10.3. The van der Waals surface area contributed by atoms with Crippen molar-refractivity contribution >= 4 is 12.0 Å². The van der Waals surface area contributed by atoms with Gasteiger partial charge in [-0.1, -0.05) is 5.21 Å². The molecule has 2 aromatic heterocycles. The molecular formula is C13H14N4O2. The van der Waals surface area contributed by atoms with Crippen molar-refractivity contribution in [2.24, 2.45) is 0 Å². The maximum absolute atomic E-state index is 12.0. The molecule has 98 valence electrons. The maximum Gasteiger partial charge on any atom is 0.246 e. The first kappa shape index (κ1) is 11.7. The smallest absolute Gasteiger partial charge is 0.246 e. The highest BCUT2D eigenvalue weighted by Gasteiger charge is 2.26. The van der Waals surface area contributed by atoms with Crippen molar-refractivity contribution in [1.82, 2.24) is 19.9 Å². The Morgan fingerprint density at radius 3 is 3.21 bits per heavy atom. The van der Waals surface area contributed by atoms with Crippen LogP contribution >= 0.6 is 0 Å². The number of carbonyl (C=O) groups is 1. The van der Waals surface area contributed by atoms with Crippen LogP contribution in [0.1, 0.15) is 18.2 Å². The summed E-state index contributed by atoms with van der Waals surface area (Å²) in [5, 5.41) is 7.76. The molecule has 0 spiro atoms. The SMILES string of the molecule is O=C(/C=C/c1ccco1)N1CC[C@@H](n2ccnn2)C1. The predicted octanol–water partition coefficient (Wildman–Crippen LogP) is 1.36. The lowest BCUT2D eigenvalue weighted by Gasteiger charge is -2.14. The molecule has 0 radical (unpaired) electrons. The van der Waals surface area contributed by atoms with Crippen molar-refractivity contribution in [2.45, 2.75) is 12.5 Å². The lowest BCUT2D eigenvalue weighted by molar-refractivity contribution is -0.125. The average Bonchev–Trinajstić information content (AvgIpc) is 3.14. The number of amides is 1. The van der Waals surface area contributed by atoms with E-state index in [1.54, 1.807) is 30.7 Å². The first-order chi connectivity index (χ1) is 9.33. The number of likely N-dealkylation sites (tertiary alicyclic amines) is 1. The molecule has 19 heavy (non-hydrogen) atoms. The summed E-state index contributed by atoms with van der Waals surface area (Å²) in [7, 11) is 0. The van der Waals surface area contributed by atoms with E-state index in [-0.39, 0.29) is 11.9 Å². The zero-order valence-electron chi connectivity index (χ0n) is 10.3. The van der Waals surface area contributed by atoms with Crippen LogP contribution in [0.5, 0.6) is 0 Å². The third kappa shape index (κ3) is 2.57. The van der Waals surface area contributed by atoms with Gasteiger partial charge in [0, 0.05) is 25.4 Å². The van der Waals surface area contributed by atoms with Gasteiger partial charge in [0.15, 0.2) is 0 Å². The second-order valence-electron chi connectivity index (χ2n) is 4.46. The zero-order valence-corrected chi connectivity index (χ0v) is 10.3. The van der Waals surface area contributed by atoms with E-state index in [0.29, 0.717) is 12.3 Å².